The summed E-state index contributed by atoms with van der Waals surface area (Å²) in [7, 11) is -0.221. The first-order valence-corrected chi connectivity index (χ1v) is 9.12. The van der Waals surface area contributed by atoms with Gasteiger partial charge >= 0.3 is 0 Å². The highest BCUT2D eigenvalue weighted by molar-refractivity contribution is 6.55. The monoisotopic (exact) mass is 227 g/mol. The fourth-order valence-corrected chi connectivity index (χ4v) is 3.13. The zero-order valence-electron chi connectivity index (χ0n) is 11.0. The zero-order valence-corrected chi connectivity index (χ0v) is 12.0. The van der Waals surface area contributed by atoms with Crippen molar-refractivity contribution < 1.29 is 4.74 Å². The summed E-state index contributed by atoms with van der Waals surface area (Å²) in [5, 5.41) is 0. The standard InChI is InChI=1S/C13H27OSi/c1-10(2)12-7-6-11(3)8-13(12)14-9-15(4)5/h10-13H,6-9H2,1-5H3. The van der Waals surface area contributed by atoms with E-state index in [1.807, 2.05) is 0 Å². The number of ether oxygens (including phenoxy) is 1. The molecular formula is C13H27OSi. The summed E-state index contributed by atoms with van der Waals surface area (Å²) in [6.45, 7) is 11.7. The van der Waals surface area contributed by atoms with Crippen molar-refractivity contribution in [1.29, 1.82) is 0 Å². The Morgan fingerprint density at radius 3 is 2.47 bits per heavy atom. The second kappa shape index (κ2) is 6.05. The molecule has 0 aromatic carbocycles. The van der Waals surface area contributed by atoms with Crippen molar-refractivity contribution in [2.24, 2.45) is 17.8 Å². The van der Waals surface area contributed by atoms with E-state index in [1.165, 1.54) is 19.3 Å². The van der Waals surface area contributed by atoms with E-state index in [1.54, 1.807) is 0 Å². The maximum Gasteiger partial charge on any atom is 0.0741 e. The molecule has 3 unspecified atom stereocenters. The van der Waals surface area contributed by atoms with Gasteiger partial charge in [0.2, 0.25) is 0 Å². The van der Waals surface area contributed by atoms with Gasteiger partial charge in [-0.15, -0.1) is 0 Å². The second-order valence-corrected chi connectivity index (χ2v) is 8.59. The summed E-state index contributed by atoms with van der Waals surface area (Å²) in [6.07, 6.45) is 5.65. The quantitative estimate of drug-likeness (QED) is 0.665. The van der Waals surface area contributed by atoms with Crippen LogP contribution < -0.4 is 0 Å². The number of hydrogen-bond donors (Lipinski definition) is 0. The van der Waals surface area contributed by atoms with Gasteiger partial charge in [0.15, 0.2) is 0 Å². The van der Waals surface area contributed by atoms with E-state index in [0.29, 0.717) is 6.10 Å². The molecule has 15 heavy (non-hydrogen) atoms. The molecule has 0 aromatic rings. The summed E-state index contributed by atoms with van der Waals surface area (Å²) in [4.78, 5) is 0. The average Bonchev–Trinajstić information content (AvgIpc) is 2.14. The Labute approximate surface area is 97.2 Å². The molecule has 1 fully saturated rings. The molecule has 1 saturated carbocycles. The molecule has 0 saturated heterocycles. The van der Waals surface area contributed by atoms with Crippen molar-refractivity contribution in [3.8, 4) is 0 Å². The Morgan fingerprint density at radius 2 is 1.93 bits per heavy atom. The van der Waals surface area contributed by atoms with E-state index in [9.17, 15) is 0 Å². The zero-order chi connectivity index (χ0) is 11.4. The first kappa shape index (κ1) is 13.2. The van der Waals surface area contributed by atoms with Gasteiger partial charge in [-0.3, -0.25) is 0 Å². The second-order valence-electron chi connectivity index (χ2n) is 5.88. The number of rotatable bonds is 4. The summed E-state index contributed by atoms with van der Waals surface area (Å²) < 4.78 is 6.13. The van der Waals surface area contributed by atoms with E-state index in [2.05, 4.69) is 33.9 Å². The van der Waals surface area contributed by atoms with Gasteiger partial charge in [0.1, 0.15) is 0 Å². The molecule has 0 bridgehead atoms. The van der Waals surface area contributed by atoms with Crippen molar-refractivity contribution in [2.75, 3.05) is 6.23 Å². The lowest BCUT2D eigenvalue weighted by molar-refractivity contribution is -0.0204. The Balaban J connectivity index is 2.46. The molecule has 0 spiro atoms. The average molecular weight is 227 g/mol. The van der Waals surface area contributed by atoms with Crippen LogP contribution in [0, 0.1) is 17.8 Å². The molecule has 89 valence electrons. The normalized spacial score (nSPS) is 32.6. The van der Waals surface area contributed by atoms with Gasteiger partial charge in [-0.1, -0.05) is 40.3 Å². The lowest BCUT2D eigenvalue weighted by Crippen LogP contribution is -2.36. The molecule has 1 aliphatic carbocycles. The third-order valence-electron chi connectivity index (χ3n) is 3.55. The van der Waals surface area contributed by atoms with Gasteiger partial charge in [0.25, 0.3) is 0 Å². The molecule has 0 amide bonds. The van der Waals surface area contributed by atoms with E-state index in [0.717, 1.165) is 24.0 Å². The van der Waals surface area contributed by atoms with Gasteiger partial charge < -0.3 is 4.74 Å². The Morgan fingerprint density at radius 1 is 1.27 bits per heavy atom. The van der Waals surface area contributed by atoms with E-state index in [4.69, 9.17) is 4.74 Å². The number of hydrogen-bond acceptors (Lipinski definition) is 1. The van der Waals surface area contributed by atoms with Gasteiger partial charge in [-0.25, -0.2) is 0 Å². The SMILES string of the molecule is CC1CCC(C(C)C)C(OC[Si](C)C)C1. The molecule has 0 aromatic heterocycles. The summed E-state index contributed by atoms with van der Waals surface area (Å²) in [6, 6.07) is 0. The molecule has 2 heteroatoms. The van der Waals surface area contributed by atoms with E-state index in [-0.39, 0.29) is 8.80 Å². The van der Waals surface area contributed by atoms with Gasteiger partial charge in [0.05, 0.1) is 14.9 Å². The largest absolute Gasteiger partial charge is 0.382 e. The molecular weight excluding hydrogens is 200 g/mol. The summed E-state index contributed by atoms with van der Waals surface area (Å²) in [5.74, 6) is 2.46. The lowest BCUT2D eigenvalue weighted by Gasteiger charge is -2.37. The van der Waals surface area contributed by atoms with Crippen molar-refractivity contribution in [1.82, 2.24) is 0 Å². The topological polar surface area (TPSA) is 9.23 Å². The van der Waals surface area contributed by atoms with Gasteiger partial charge in [-0.2, -0.15) is 0 Å². The van der Waals surface area contributed by atoms with E-state index < -0.39 is 0 Å². The summed E-state index contributed by atoms with van der Waals surface area (Å²) in [5.41, 5.74) is 0. The summed E-state index contributed by atoms with van der Waals surface area (Å²) >= 11 is 0. The van der Waals surface area contributed by atoms with Crippen LogP contribution in [0.1, 0.15) is 40.0 Å². The molecule has 1 radical (unpaired) electrons. The van der Waals surface area contributed by atoms with Crippen LogP contribution in [0.4, 0.5) is 0 Å². The molecule has 1 aliphatic rings. The van der Waals surface area contributed by atoms with Crippen LogP contribution in [0.3, 0.4) is 0 Å². The molecule has 0 N–H and O–H groups in total. The van der Waals surface area contributed by atoms with Crippen LogP contribution in [0.2, 0.25) is 13.1 Å². The molecule has 1 rings (SSSR count). The van der Waals surface area contributed by atoms with Gasteiger partial charge in [-0.05, 0) is 30.6 Å². The molecule has 3 atom stereocenters. The van der Waals surface area contributed by atoms with E-state index >= 15 is 0 Å². The van der Waals surface area contributed by atoms with Crippen LogP contribution in [0.15, 0.2) is 0 Å². The first-order chi connectivity index (χ1) is 7.00. The highest BCUT2D eigenvalue weighted by Gasteiger charge is 2.31. The minimum absolute atomic E-state index is 0.221. The van der Waals surface area contributed by atoms with Crippen molar-refractivity contribution in [2.45, 2.75) is 59.2 Å². The maximum atomic E-state index is 6.13. The van der Waals surface area contributed by atoms with Crippen LogP contribution >= 0.6 is 0 Å². The minimum atomic E-state index is -0.221. The van der Waals surface area contributed by atoms with Crippen LogP contribution in [0.25, 0.3) is 0 Å². The Bertz CT molecular complexity index is 179. The van der Waals surface area contributed by atoms with Crippen molar-refractivity contribution in [3.05, 3.63) is 0 Å². The van der Waals surface area contributed by atoms with Crippen LogP contribution in [-0.2, 0) is 4.74 Å². The van der Waals surface area contributed by atoms with Crippen LogP contribution in [0.5, 0.6) is 0 Å². The predicted octanol–water partition coefficient (Wildman–Crippen LogP) is 3.76. The van der Waals surface area contributed by atoms with Gasteiger partial charge in [0, 0.05) is 6.23 Å². The molecule has 0 aliphatic heterocycles. The maximum absolute atomic E-state index is 6.13. The first-order valence-electron chi connectivity index (χ1n) is 6.41. The molecule has 1 nitrogen and oxygen atoms in total. The minimum Gasteiger partial charge on any atom is -0.382 e. The fourth-order valence-electron chi connectivity index (χ4n) is 2.58. The smallest absolute Gasteiger partial charge is 0.0741 e. The molecule has 0 heterocycles. The Kier molecular flexibility index (Phi) is 5.34. The fraction of sp³-hybridized carbons (Fsp3) is 1.00. The highest BCUT2D eigenvalue weighted by Crippen LogP contribution is 2.35. The third kappa shape index (κ3) is 4.27. The van der Waals surface area contributed by atoms with Crippen molar-refractivity contribution >= 4 is 8.80 Å². The Hall–Kier alpha value is 0.177. The van der Waals surface area contributed by atoms with Crippen molar-refractivity contribution in [3.63, 3.8) is 0 Å². The third-order valence-corrected chi connectivity index (χ3v) is 4.29. The lowest BCUT2D eigenvalue weighted by atomic mass is 9.75. The predicted molar refractivity (Wildman–Crippen MR) is 68.6 cm³/mol. The highest BCUT2D eigenvalue weighted by atomic mass is 28.3. The van der Waals surface area contributed by atoms with Crippen LogP contribution in [-0.4, -0.2) is 21.1 Å².